The molecule has 246 valence electrons. The molecule has 1 aromatic carbocycles. The van der Waals surface area contributed by atoms with E-state index in [-0.39, 0.29) is 12.7 Å². The SMILES string of the molecule is CC.C[C@H](OC(=O)C(N)CCCCN)C(=O)N1CCC(CCn2c(Sc3cc4c(cc3Br)OCO4)nc3c(N)ncnc32)CC1. The zero-order valence-electron chi connectivity index (χ0n) is 26.0. The number of carbonyl (C=O) groups is 2. The molecular formula is C30H43BrN8O5S. The Labute approximate surface area is 276 Å². The molecule has 2 aromatic heterocycles. The number of nitrogen functional groups attached to an aromatic ring is 1. The van der Waals surface area contributed by atoms with Crippen LogP contribution in [0.15, 0.2) is 33.0 Å². The first-order valence-corrected chi connectivity index (χ1v) is 17.0. The Bertz CT molecular complexity index is 1470. The number of aryl methyl sites for hydroxylation is 1. The largest absolute Gasteiger partial charge is 0.454 e. The standard InChI is InChI=1S/C28H37BrN8O5S.C2H6/c1-16(42-27(39)19(31)4-2-3-8-30)26(38)36-9-5-17(6-10-36)7-11-37-25-23(24(32)33-14-34-25)35-28(37)43-22-13-21-20(12-18(22)29)40-15-41-21;1-2/h12-14,16-17,19H,2-11,15,30-31H2,1H3,(H2,32,33,34);1-2H3/t16-,19?;/m0./s1. The number of nitrogens with zero attached hydrogens (tertiary/aromatic N) is 5. The highest BCUT2D eigenvalue weighted by Gasteiger charge is 2.30. The van der Waals surface area contributed by atoms with Crippen molar-refractivity contribution in [3.63, 3.8) is 0 Å². The Balaban J connectivity index is 0.00000226. The summed E-state index contributed by atoms with van der Waals surface area (Å²) in [5, 5.41) is 0.742. The maximum Gasteiger partial charge on any atom is 0.323 e. The van der Waals surface area contributed by atoms with Crippen LogP contribution < -0.4 is 26.7 Å². The minimum absolute atomic E-state index is 0.193. The molecule has 1 unspecified atom stereocenters. The van der Waals surface area contributed by atoms with Crippen LogP contribution in [0.4, 0.5) is 5.82 Å². The molecule has 13 nitrogen and oxygen atoms in total. The number of benzene rings is 1. The van der Waals surface area contributed by atoms with Gasteiger partial charge in [0.25, 0.3) is 5.91 Å². The summed E-state index contributed by atoms with van der Waals surface area (Å²) in [5.74, 6) is 1.36. The number of rotatable bonds is 12. The van der Waals surface area contributed by atoms with Gasteiger partial charge in [-0.05, 0) is 79.6 Å². The second-order valence-corrected chi connectivity index (χ2v) is 12.6. The van der Waals surface area contributed by atoms with E-state index in [1.165, 1.54) is 18.1 Å². The number of amides is 1. The molecule has 1 fully saturated rings. The molecule has 5 rings (SSSR count). The molecule has 1 amide bonds. The fraction of sp³-hybridized carbons (Fsp3) is 0.567. The molecule has 1 saturated heterocycles. The lowest BCUT2D eigenvalue weighted by molar-refractivity contribution is -0.160. The van der Waals surface area contributed by atoms with Gasteiger partial charge in [-0.2, -0.15) is 0 Å². The normalized spacial score (nSPS) is 15.8. The fourth-order valence-electron chi connectivity index (χ4n) is 5.24. The Morgan fingerprint density at radius 2 is 1.87 bits per heavy atom. The number of ether oxygens (including phenoxy) is 3. The molecule has 0 bridgehead atoms. The number of esters is 1. The predicted molar refractivity (Wildman–Crippen MR) is 176 cm³/mol. The number of likely N-dealkylation sites (tertiary alicyclic amines) is 1. The molecule has 0 aliphatic carbocycles. The smallest absolute Gasteiger partial charge is 0.323 e. The third kappa shape index (κ3) is 8.57. The molecule has 3 aromatic rings. The molecule has 0 spiro atoms. The van der Waals surface area contributed by atoms with Crippen molar-refractivity contribution >= 4 is 56.6 Å². The summed E-state index contributed by atoms with van der Waals surface area (Å²) in [6.45, 7) is 8.21. The van der Waals surface area contributed by atoms with Gasteiger partial charge >= 0.3 is 5.97 Å². The van der Waals surface area contributed by atoms with Gasteiger partial charge in [-0.25, -0.2) is 15.0 Å². The van der Waals surface area contributed by atoms with E-state index in [9.17, 15) is 9.59 Å². The first-order valence-electron chi connectivity index (χ1n) is 15.4. The zero-order valence-corrected chi connectivity index (χ0v) is 28.4. The monoisotopic (exact) mass is 706 g/mol. The van der Waals surface area contributed by atoms with E-state index in [0.29, 0.717) is 67.0 Å². The predicted octanol–water partition coefficient (Wildman–Crippen LogP) is 4.09. The van der Waals surface area contributed by atoms with Crippen molar-refractivity contribution in [2.75, 3.05) is 32.2 Å². The Morgan fingerprint density at radius 1 is 1.16 bits per heavy atom. The van der Waals surface area contributed by atoms with Gasteiger partial charge in [-0.1, -0.05) is 32.0 Å². The minimum atomic E-state index is -0.873. The summed E-state index contributed by atoms with van der Waals surface area (Å²) in [6.07, 6.45) is 5.15. The molecular weight excluding hydrogens is 664 g/mol. The van der Waals surface area contributed by atoms with E-state index in [1.807, 2.05) is 26.0 Å². The highest BCUT2D eigenvalue weighted by molar-refractivity contribution is 9.10. The Hall–Kier alpha value is -3.14. The summed E-state index contributed by atoms with van der Waals surface area (Å²) in [4.78, 5) is 41.4. The van der Waals surface area contributed by atoms with Crippen LogP contribution in [-0.2, 0) is 20.9 Å². The number of unbranched alkanes of at least 4 members (excludes halogenated alkanes) is 1. The number of anilines is 1. The van der Waals surface area contributed by atoms with E-state index >= 15 is 0 Å². The second kappa shape index (κ2) is 16.4. The van der Waals surface area contributed by atoms with E-state index < -0.39 is 18.1 Å². The number of imidazole rings is 1. The summed E-state index contributed by atoms with van der Waals surface area (Å²) >= 11 is 5.12. The van der Waals surface area contributed by atoms with Gasteiger partial charge in [0.15, 0.2) is 39.7 Å². The van der Waals surface area contributed by atoms with Gasteiger partial charge in [0.05, 0.1) is 0 Å². The highest BCUT2D eigenvalue weighted by atomic mass is 79.9. The summed E-state index contributed by atoms with van der Waals surface area (Å²) < 4.78 is 19.4. The summed E-state index contributed by atoms with van der Waals surface area (Å²) in [5.41, 5.74) is 18.8. The first-order chi connectivity index (χ1) is 21.7. The quantitative estimate of drug-likeness (QED) is 0.181. The van der Waals surface area contributed by atoms with Crippen molar-refractivity contribution in [3.8, 4) is 11.5 Å². The zero-order chi connectivity index (χ0) is 32.5. The van der Waals surface area contributed by atoms with Crippen molar-refractivity contribution in [2.45, 2.75) is 88.0 Å². The molecule has 2 atom stereocenters. The molecule has 0 saturated carbocycles. The summed E-state index contributed by atoms with van der Waals surface area (Å²) in [6, 6.07) is 3.07. The molecule has 2 aliphatic heterocycles. The van der Waals surface area contributed by atoms with Gasteiger partial charge in [0, 0.05) is 29.0 Å². The summed E-state index contributed by atoms with van der Waals surface area (Å²) in [7, 11) is 0. The number of piperidine rings is 1. The van der Waals surface area contributed by atoms with Gasteiger partial charge < -0.3 is 40.9 Å². The van der Waals surface area contributed by atoms with Crippen LogP contribution in [0, 0.1) is 5.92 Å². The third-order valence-electron chi connectivity index (χ3n) is 7.75. The van der Waals surface area contributed by atoms with E-state index in [1.54, 1.807) is 11.8 Å². The first kappa shape index (κ1) is 34.7. The lowest BCUT2D eigenvalue weighted by Gasteiger charge is -2.33. The van der Waals surface area contributed by atoms with Gasteiger partial charge in [0.1, 0.15) is 12.4 Å². The van der Waals surface area contributed by atoms with Gasteiger partial charge in [0.2, 0.25) is 6.79 Å². The molecule has 6 N–H and O–H groups in total. The number of fused-ring (bicyclic) bond motifs is 2. The van der Waals surface area contributed by atoms with E-state index in [2.05, 4.69) is 30.5 Å². The highest BCUT2D eigenvalue weighted by Crippen LogP contribution is 2.43. The average molecular weight is 708 g/mol. The van der Waals surface area contributed by atoms with Crippen molar-refractivity contribution in [1.29, 1.82) is 0 Å². The average Bonchev–Trinajstić information content (AvgIpc) is 3.65. The van der Waals surface area contributed by atoms with Crippen molar-refractivity contribution < 1.29 is 23.8 Å². The van der Waals surface area contributed by atoms with E-state index in [4.69, 9.17) is 36.4 Å². The lowest BCUT2D eigenvalue weighted by atomic mass is 9.93. The van der Waals surface area contributed by atoms with Crippen LogP contribution >= 0.6 is 27.7 Å². The van der Waals surface area contributed by atoms with Crippen LogP contribution in [0.5, 0.6) is 11.5 Å². The number of nitrogens with two attached hydrogens (primary N) is 3. The molecule has 45 heavy (non-hydrogen) atoms. The molecule has 15 heteroatoms. The minimum Gasteiger partial charge on any atom is -0.454 e. The Morgan fingerprint density at radius 3 is 2.58 bits per heavy atom. The van der Waals surface area contributed by atoms with Crippen molar-refractivity contribution in [1.82, 2.24) is 24.4 Å². The molecule has 0 radical (unpaired) electrons. The van der Waals surface area contributed by atoms with Crippen LogP contribution in [0.25, 0.3) is 11.2 Å². The van der Waals surface area contributed by atoms with Crippen LogP contribution in [0.3, 0.4) is 0 Å². The number of aromatic nitrogens is 4. The Kier molecular flexibility index (Phi) is 12.7. The molecule has 2 aliphatic rings. The molecule has 4 heterocycles. The van der Waals surface area contributed by atoms with Gasteiger partial charge in [-0.15, -0.1) is 0 Å². The topological polar surface area (TPSA) is 187 Å². The van der Waals surface area contributed by atoms with Crippen LogP contribution in [0.1, 0.15) is 59.3 Å². The third-order valence-corrected chi connectivity index (χ3v) is 9.72. The van der Waals surface area contributed by atoms with Crippen molar-refractivity contribution in [3.05, 3.63) is 22.9 Å². The second-order valence-electron chi connectivity index (χ2n) is 10.7. The van der Waals surface area contributed by atoms with Crippen LogP contribution in [0.2, 0.25) is 0 Å². The van der Waals surface area contributed by atoms with Gasteiger partial charge in [-0.3, -0.25) is 9.59 Å². The maximum atomic E-state index is 13.0. The van der Waals surface area contributed by atoms with Crippen LogP contribution in [-0.4, -0.2) is 74.9 Å². The number of carbonyl (C=O) groups excluding carboxylic acids is 2. The lowest BCUT2D eigenvalue weighted by Crippen LogP contribution is -2.46. The van der Waals surface area contributed by atoms with Crippen molar-refractivity contribution in [2.24, 2.45) is 17.4 Å². The number of halogens is 1. The number of hydrogen-bond acceptors (Lipinski definition) is 12. The fourth-order valence-corrected chi connectivity index (χ4v) is 6.75. The number of hydrogen-bond donors (Lipinski definition) is 3. The van der Waals surface area contributed by atoms with E-state index in [0.717, 1.165) is 46.6 Å². The maximum absolute atomic E-state index is 13.0.